The van der Waals surface area contributed by atoms with Crippen molar-refractivity contribution in [3.8, 4) is 0 Å². The number of nitrogens with zero attached hydrogens (tertiary/aromatic N) is 3. The van der Waals surface area contributed by atoms with Crippen molar-refractivity contribution in [2.24, 2.45) is 5.92 Å². The average Bonchev–Trinajstić information content (AvgIpc) is 3.39. The molecule has 1 atom stereocenters. The van der Waals surface area contributed by atoms with Crippen molar-refractivity contribution in [3.05, 3.63) is 45.1 Å². The lowest BCUT2D eigenvalue weighted by molar-refractivity contribution is -0.139. The van der Waals surface area contributed by atoms with Crippen LogP contribution in [-0.2, 0) is 14.3 Å². The maximum atomic E-state index is 13.3. The summed E-state index contributed by atoms with van der Waals surface area (Å²) in [6.07, 6.45) is 4.25. The topological polar surface area (TPSA) is 82.2 Å². The second-order valence-corrected chi connectivity index (χ2v) is 10.3. The zero-order chi connectivity index (χ0) is 25.8. The number of urea groups is 1. The molecule has 4 rings (SSSR count). The summed E-state index contributed by atoms with van der Waals surface area (Å²) in [5.41, 5.74) is 1.55. The number of carbonyl (C=O) groups excluding carboxylic acids is 3. The monoisotopic (exact) mass is 536 g/mol. The summed E-state index contributed by atoms with van der Waals surface area (Å²) in [6.45, 7) is 7.24. The van der Waals surface area contributed by atoms with Crippen LogP contribution in [0.4, 0.5) is 4.79 Å². The van der Waals surface area contributed by atoms with Crippen LogP contribution in [0.3, 0.4) is 0 Å². The number of ether oxygens (including phenoxy) is 1. The first kappa shape index (κ1) is 26.8. The highest BCUT2D eigenvalue weighted by Crippen LogP contribution is 2.36. The molecule has 1 aliphatic carbocycles. The van der Waals surface area contributed by atoms with Gasteiger partial charge >= 0.3 is 12.0 Å². The minimum atomic E-state index is -0.760. The standard InChI is InChI=1S/C26H34Cl2N4O4/c1-3-32-21(16-30-11-13-31(14-12-30)24(33)17-7-5-6-8-17)22(25(34)36-4-2)23(29-26(32)35)19-10-9-18(27)15-20(19)28/h9-10,15,17,23H,3-8,11-14,16H2,1-2H3,(H,29,35). The van der Waals surface area contributed by atoms with Crippen molar-refractivity contribution in [2.75, 3.05) is 45.9 Å². The van der Waals surface area contributed by atoms with Crippen molar-refractivity contribution in [1.29, 1.82) is 0 Å². The van der Waals surface area contributed by atoms with Gasteiger partial charge in [-0.2, -0.15) is 0 Å². The third kappa shape index (κ3) is 5.66. The molecule has 3 amide bonds. The van der Waals surface area contributed by atoms with Gasteiger partial charge in [0.15, 0.2) is 0 Å². The number of carbonyl (C=O) groups is 3. The van der Waals surface area contributed by atoms with E-state index in [1.165, 1.54) is 0 Å². The number of nitrogens with one attached hydrogen (secondary N) is 1. The fraction of sp³-hybridized carbons (Fsp3) is 0.577. The summed E-state index contributed by atoms with van der Waals surface area (Å²) >= 11 is 12.6. The van der Waals surface area contributed by atoms with Crippen molar-refractivity contribution in [1.82, 2.24) is 20.0 Å². The molecule has 0 bridgehead atoms. The van der Waals surface area contributed by atoms with Crippen LogP contribution in [0.15, 0.2) is 29.5 Å². The molecule has 2 heterocycles. The molecule has 3 aliphatic rings. The van der Waals surface area contributed by atoms with Crippen molar-refractivity contribution < 1.29 is 19.1 Å². The third-order valence-corrected chi connectivity index (χ3v) is 7.85. The number of likely N-dealkylation sites (N-methyl/N-ethyl adjacent to an activating group) is 1. The quantitative estimate of drug-likeness (QED) is 0.527. The molecule has 10 heteroatoms. The third-order valence-electron chi connectivity index (χ3n) is 7.29. The Balaban J connectivity index is 1.61. The number of halogens is 2. The fourth-order valence-corrected chi connectivity index (χ4v) is 5.91. The van der Waals surface area contributed by atoms with Gasteiger partial charge in [-0.25, -0.2) is 9.59 Å². The molecule has 1 aromatic rings. The summed E-state index contributed by atoms with van der Waals surface area (Å²) in [5, 5.41) is 3.76. The van der Waals surface area contributed by atoms with Gasteiger partial charge in [-0.15, -0.1) is 0 Å². The van der Waals surface area contributed by atoms with Crippen molar-refractivity contribution >= 4 is 41.1 Å². The minimum absolute atomic E-state index is 0.164. The van der Waals surface area contributed by atoms with Crippen LogP contribution in [0, 0.1) is 5.92 Å². The van der Waals surface area contributed by atoms with E-state index in [0.717, 1.165) is 25.7 Å². The van der Waals surface area contributed by atoms with Gasteiger partial charge in [0.05, 0.1) is 18.2 Å². The Morgan fingerprint density at radius 3 is 2.39 bits per heavy atom. The van der Waals surface area contributed by atoms with Crippen molar-refractivity contribution in [2.45, 2.75) is 45.6 Å². The Labute approximate surface area is 222 Å². The van der Waals surface area contributed by atoms with Gasteiger partial charge in [-0.05, 0) is 44.4 Å². The second-order valence-electron chi connectivity index (χ2n) is 9.46. The molecule has 2 aliphatic heterocycles. The zero-order valence-electron chi connectivity index (χ0n) is 20.9. The Morgan fingerprint density at radius 2 is 1.78 bits per heavy atom. The predicted molar refractivity (Wildman–Crippen MR) is 139 cm³/mol. The van der Waals surface area contributed by atoms with E-state index in [4.69, 9.17) is 27.9 Å². The molecule has 8 nitrogen and oxygen atoms in total. The highest BCUT2D eigenvalue weighted by molar-refractivity contribution is 6.35. The van der Waals surface area contributed by atoms with Crippen LogP contribution in [-0.4, -0.2) is 78.5 Å². The Hall–Kier alpha value is -2.29. The maximum absolute atomic E-state index is 13.3. The van der Waals surface area contributed by atoms with E-state index in [2.05, 4.69) is 10.2 Å². The molecule has 1 saturated heterocycles. The molecule has 36 heavy (non-hydrogen) atoms. The van der Waals surface area contributed by atoms with Crippen LogP contribution in [0.5, 0.6) is 0 Å². The van der Waals surface area contributed by atoms with Gasteiger partial charge in [0.2, 0.25) is 5.91 Å². The molecule has 2 fully saturated rings. The number of rotatable bonds is 7. The molecular weight excluding hydrogens is 503 g/mol. The summed E-state index contributed by atoms with van der Waals surface area (Å²) < 4.78 is 5.43. The summed E-state index contributed by atoms with van der Waals surface area (Å²) in [7, 11) is 0. The van der Waals surface area contributed by atoms with Crippen molar-refractivity contribution in [3.63, 3.8) is 0 Å². The van der Waals surface area contributed by atoms with E-state index < -0.39 is 12.0 Å². The molecule has 1 unspecified atom stereocenters. The molecule has 1 aromatic carbocycles. The normalized spacial score (nSPS) is 21.7. The molecule has 0 aromatic heterocycles. The lowest BCUT2D eigenvalue weighted by Gasteiger charge is -2.41. The lowest BCUT2D eigenvalue weighted by Crippen LogP contribution is -2.54. The Bertz CT molecular complexity index is 1030. The van der Waals surface area contributed by atoms with E-state index in [9.17, 15) is 14.4 Å². The van der Waals surface area contributed by atoms with E-state index >= 15 is 0 Å². The van der Waals surface area contributed by atoms with E-state index in [1.807, 2.05) is 11.8 Å². The van der Waals surface area contributed by atoms with Gasteiger partial charge in [-0.1, -0.05) is 42.1 Å². The highest BCUT2D eigenvalue weighted by atomic mass is 35.5. The number of hydrogen-bond acceptors (Lipinski definition) is 5. The molecule has 0 radical (unpaired) electrons. The lowest BCUT2D eigenvalue weighted by atomic mass is 9.94. The van der Waals surface area contributed by atoms with Gasteiger partial charge in [0.1, 0.15) is 0 Å². The van der Waals surface area contributed by atoms with Gasteiger partial charge in [-0.3, -0.25) is 14.6 Å². The van der Waals surface area contributed by atoms with E-state index in [-0.39, 0.29) is 24.5 Å². The maximum Gasteiger partial charge on any atom is 0.338 e. The average molecular weight is 537 g/mol. The van der Waals surface area contributed by atoms with Crippen LogP contribution in [0.25, 0.3) is 0 Å². The van der Waals surface area contributed by atoms with Gasteiger partial charge in [0.25, 0.3) is 0 Å². The first-order chi connectivity index (χ1) is 17.3. The minimum Gasteiger partial charge on any atom is -0.463 e. The van der Waals surface area contributed by atoms with Crippen LogP contribution < -0.4 is 5.32 Å². The number of piperazine rings is 1. The van der Waals surface area contributed by atoms with Crippen LogP contribution in [0.1, 0.15) is 51.1 Å². The summed E-state index contributed by atoms with van der Waals surface area (Å²) in [6, 6.07) is 3.95. The summed E-state index contributed by atoms with van der Waals surface area (Å²) in [5.74, 6) is -0.0579. The number of benzene rings is 1. The molecule has 0 spiro atoms. The van der Waals surface area contributed by atoms with Crippen LogP contribution in [0.2, 0.25) is 10.0 Å². The molecule has 1 saturated carbocycles. The SMILES string of the molecule is CCOC(=O)C1=C(CN2CCN(C(=O)C3CCCC3)CC2)N(CC)C(=O)NC1c1ccc(Cl)cc1Cl. The molecular formula is C26H34Cl2N4O4. The molecule has 1 N–H and O–H groups in total. The predicted octanol–water partition coefficient (Wildman–Crippen LogP) is 4.23. The van der Waals surface area contributed by atoms with Gasteiger partial charge < -0.3 is 15.0 Å². The number of esters is 1. The first-order valence-corrected chi connectivity index (χ1v) is 13.5. The first-order valence-electron chi connectivity index (χ1n) is 12.8. The Morgan fingerprint density at radius 1 is 1.08 bits per heavy atom. The number of hydrogen-bond donors (Lipinski definition) is 1. The number of amides is 3. The second kappa shape index (κ2) is 11.8. The van der Waals surface area contributed by atoms with Crippen LogP contribution >= 0.6 is 23.2 Å². The smallest absolute Gasteiger partial charge is 0.338 e. The van der Waals surface area contributed by atoms with Gasteiger partial charge in [0, 0.05) is 60.9 Å². The highest BCUT2D eigenvalue weighted by Gasteiger charge is 2.39. The largest absolute Gasteiger partial charge is 0.463 e. The zero-order valence-corrected chi connectivity index (χ0v) is 22.4. The fourth-order valence-electron chi connectivity index (χ4n) is 5.40. The Kier molecular flexibility index (Phi) is 8.80. The summed E-state index contributed by atoms with van der Waals surface area (Å²) in [4.78, 5) is 45.0. The van der Waals surface area contributed by atoms with E-state index in [1.54, 1.807) is 30.0 Å². The van der Waals surface area contributed by atoms with E-state index in [0.29, 0.717) is 66.1 Å². The molecule has 196 valence electrons.